The second-order valence-electron chi connectivity index (χ2n) is 4.28. The van der Waals surface area contributed by atoms with Crippen LogP contribution < -0.4 is 5.73 Å². The van der Waals surface area contributed by atoms with Crippen molar-refractivity contribution in [3.05, 3.63) is 71.5 Å². The molecule has 1 atom stereocenters. The Morgan fingerprint density at radius 3 is 1.94 bits per heavy atom. The van der Waals surface area contributed by atoms with Crippen molar-refractivity contribution < 1.29 is 4.39 Å². The molecule has 0 spiro atoms. The summed E-state index contributed by atoms with van der Waals surface area (Å²) in [6.07, 6.45) is 1.62. The molecule has 0 heterocycles. The highest BCUT2D eigenvalue weighted by molar-refractivity contribution is 5.20. The number of rotatable bonds is 4. The normalized spacial score (nSPS) is 12.4. The molecule has 2 N–H and O–H groups in total. The zero-order chi connectivity index (χ0) is 12.1. The van der Waals surface area contributed by atoms with Gasteiger partial charge in [0.2, 0.25) is 0 Å². The fourth-order valence-corrected chi connectivity index (χ4v) is 1.91. The molecule has 1 nitrogen and oxygen atoms in total. The fourth-order valence-electron chi connectivity index (χ4n) is 1.91. The van der Waals surface area contributed by atoms with Crippen LogP contribution in [0.1, 0.15) is 11.1 Å². The summed E-state index contributed by atoms with van der Waals surface area (Å²) < 4.78 is 12.7. The Hall–Kier alpha value is -1.67. The fraction of sp³-hybridized carbons (Fsp3) is 0.200. The molecule has 0 fully saturated rings. The van der Waals surface area contributed by atoms with Crippen molar-refractivity contribution in [3.63, 3.8) is 0 Å². The topological polar surface area (TPSA) is 26.0 Å². The van der Waals surface area contributed by atoms with E-state index in [0.29, 0.717) is 0 Å². The van der Waals surface area contributed by atoms with Crippen LogP contribution in [0.2, 0.25) is 0 Å². The summed E-state index contributed by atoms with van der Waals surface area (Å²) in [4.78, 5) is 0. The molecule has 1 unspecified atom stereocenters. The molecule has 2 heteroatoms. The third-order valence-corrected chi connectivity index (χ3v) is 2.75. The number of hydrogen-bond donors (Lipinski definition) is 1. The van der Waals surface area contributed by atoms with Gasteiger partial charge in [0.25, 0.3) is 0 Å². The average Bonchev–Trinajstić information content (AvgIpc) is 2.33. The Labute approximate surface area is 101 Å². The molecule has 0 amide bonds. The largest absolute Gasteiger partial charge is 0.327 e. The van der Waals surface area contributed by atoms with Crippen LogP contribution in [-0.2, 0) is 12.8 Å². The lowest BCUT2D eigenvalue weighted by Crippen LogP contribution is -2.25. The van der Waals surface area contributed by atoms with E-state index in [1.165, 1.54) is 17.7 Å². The lowest BCUT2D eigenvalue weighted by atomic mass is 10.00. The first kappa shape index (κ1) is 11.8. The van der Waals surface area contributed by atoms with Crippen LogP contribution in [0.5, 0.6) is 0 Å². The van der Waals surface area contributed by atoms with Crippen molar-refractivity contribution in [3.8, 4) is 0 Å². The molecule has 0 aliphatic rings. The highest BCUT2D eigenvalue weighted by Gasteiger charge is 2.05. The Balaban J connectivity index is 1.93. The maximum absolute atomic E-state index is 12.7. The quantitative estimate of drug-likeness (QED) is 0.857. The van der Waals surface area contributed by atoms with Crippen LogP contribution in [0, 0.1) is 5.82 Å². The van der Waals surface area contributed by atoms with Gasteiger partial charge in [0, 0.05) is 6.04 Å². The first-order valence-corrected chi connectivity index (χ1v) is 5.78. The number of benzene rings is 2. The Morgan fingerprint density at radius 1 is 0.824 bits per heavy atom. The highest BCUT2D eigenvalue weighted by atomic mass is 19.1. The first-order chi connectivity index (χ1) is 8.24. The van der Waals surface area contributed by atoms with Gasteiger partial charge in [0.1, 0.15) is 5.82 Å². The minimum absolute atomic E-state index is 0.0721. The SMILES string of the molecule is NC(Cc1ccccc1)Cc1ccc(F)cc1. The van der Waals surface area contributed by atoms with Crippen LogP contribution in [0.25, 0.3) is 0 Å². The smallest absolute Gasteiger partial charge is 0.123 e. The molecule has 2 aromatic rings. The summed E-state index contributed by atoms with van der Waals surface area (Å²) in [5, 5.41) is 0. The summed E-state index contributed by atoms with van der Waals surface area (Å²) in [6, 6.07) is 16.8. The first-order valence-electron chi connectivity index (χ1n) is 5.78. The molecule has 2 rings (SSSR count). The minimum atomic E-state index is -0.203. The summed E-state index contributed by atoms with van der Waals surface area (Å²) >= 11 is 0. The van der Waals surface area contributed by atoms with Gasteiger partial charge in [-0.2, -0.15) is 0 Å². The number of halogens is 1. The Morgan fingerprint density at radius 2 is 1.35 bits per heavy atom. The van der Waals surface area contributed by atoms with Crippen molar-refractivity contribution >= 4 is 0 Å². The van der Waals surface area contributed by atoms with Gasteiger partial charge in [-0.05, 0) is 36.1 Å². The van der Waals surface area contributed by atoms with E-state index in [1.54, 1.807) is 12.1 Å². The molecule has 0 saturated carbocycles. The Kier molecular flexibility index (Phi) is 3.89. The molecule has 0 aliphatic heterocycles. The summed E-state index contributed by atoms with van der Waals surface area (Å²) in [6.45, 7) is 0. The van der Waals surface area contributed by atoms with Crippen molar-refractivity contribution in [2.24, 2.45) is 5.73 Å². The van der Waals surface area contributed by atoms with Gasteiger partial charge < -0.3 is 5.73 Å². The Bertz CT molecular complexity index is 450. The van der Waals surface area contributed by atoms with Crippen molar-refractivity contribution in [2.75, 3.05) is 0 Å². The third kappa shape index (κ3) is 3.68. The lowest BCUT2D eigenvalue weighted by molar-refractivity contribution is 0.623. The standard InChI is InChI=1S/C15H16FN/c16-14-8-6-13(7-9-14)11-15(17)10-12-4-2-1-3-5-12/h1-9,15H,10-11,17H2. The highest BCUT2D eigenvalue weighted by Crippen LogP contribution is 2.08. The van der Waals surface area contributed by atoms with E-state index in [-0.39, 0.29) is 11.9 Å². The van der Waals surface area contributed by atoms with Crippen LogP contribution in [-0.4, -0.2) is 6.04 Å². The van der Waals surface area contributed by atoms with E-state index in [2.05, 4.69) is 12.1 Å². The summed E-state index contributed by atoms with van der Waals surface area (Å²) in [7, 11) is 0. The zero-order valence-corrected chi connectivity index (χ0v) is 9.64. The van der Waals surface area contributed by atoms with Gasteiger partial charge in [0.15, 0.2) is 0 Å². The molecule has 0 aliphatic carbocycles. The molecular formula is C15H16FN. The van der Waals surface area contributed by atoms with Gasteiger partial charge in [0.05, 0.1) is 0 Å². The maximum Gasteiger partial charge on any atom is 0.123 e. The zero-order valence-electron chi connectivity index (χ0n) is 9.64. The van der Waals surface area contributed by atoms with E-state index >= 15 is 0 Å². The van der Waals surface area contributed by atoms with Crippen molar-refractivity contribution in [1.82, 2.24) is 0 Å². The molecule has 17 heavy (non-hydrogen) atoms. The minimum Gasteiger partial charge on any atom is -0.327 e. The molecule has 0 saturated heterocycles. The summed E-state index contributed by atoms with van der Waals surface area (Å²) in [5.74, 6) is -0.203. The van der Waals surface area contributed by atoms with Gasteiger partial charge in [-0.1, -0.05) is 42.5 Å². The van der Waals surface area contributed by atoms with Crippen LogP contribution in [0.3, 0.4) is 0 Å². The second-order valence-corrected chi connectivity index (χ2v) is 4.28. The maximum atomic E-state index is 12.7. The van der Waals surface area contributed by atoms with Crippen molar-refractivity contribution in [1.29, 1.82) is 0 Å². The molecule has 0 aromatic heterocycles. The van der Waals surface area contributed by atoms with Gasteiger partial charge in [-0.15, -0.1) is 0 Å². The molecule has 88 valence electrons. The third-order valence-electron chi connectivity index (χ3n) is 2.75. The molecule has 0 bridgehead atoms. The molecule has 0 radical (unpaired) electrons. The number of nitrogens with two attached hydrogens (primary N) is 1. The second kappa shape index (κ2) is 5.60. The van der Waals surface area contributed by atoms with Crippen LogP contribution >= 0.6 is 0 Å². The van der Waals surface area contributed by atoms with Crippen LogP contribution in [0.15, 0.2) is 54.6 Å². The summed E-state index contributed by atoms with van der Waals surface area (Å²) in [5.41, 5.74) is 8.40. The lowest BCUT2D eigenvalue weighted by Gasteiger charge is -2.11. The van der Waals surface area contributed by atoms with E-state index in [0.717, 1.165) is 18.4 Å². The predicted octanol–water partition coefficient (Wildman–Crippen LogP) is 2.94. The van der Waals surface area contributed by atoms with E-state index in [9.17, 15) is 4.39 Å². The van der Waals surface area contributed by atoms with E-state index < -0.39 is 0 Å². The van der Waals surface area contributed by atoms with E-state index in [1.807, 2.05) is 18.2 Å². The average molecular weight is 229 g/mol. The molecular weight excluding hydrogens is 213 g/mol. The molecule has 2 aromatic carbocycles. The van der Waals surface area contributed by atoms with Crippen LogP contribution in [0.4, 0.5) is 4.39 Å². The number of hydrogen-bond acceptors (Lipinski definition) is 1. The van der Waals surface area contributed by atoms with Gasteiger partial charge in [-0.3, -0.25) is 0 Å². The van der Waals surface area contributed by atoms with Crippen molar-refractivity contribution in [2.45, 2.75) is 18.9 Å². The van der Waals surface area contributed by atoms with Gasteiger partial charge in [-0.25, -0.2) is 4.39 Å². The van der Waals surface area contributed by atoms with E-state index in [4.69, 9.17) is 5.73 Å². The predicted molar refractivity (Wildman–Crippen MR) is 68.2 cm³/mol. The van der Waals surface area contributed by atoms with Gasteiger partial charge >= 0.3 is 0 Å². The monoisotopic (exact) mass is 229 g/mol.